The number of carbonyl (C=O) groups is 1. The number of hydrogen-bond donors (Lipinski definition) is 1. The number of hydrogen-bond acceptors (Lipinski definition) is 5. The van der Waals surface area contributed by atoms with Gasteiger partial charge in [0.05, 0.1) is 10.6 Å². The monoisotopic (exact) mass is 368 g/mol. The second-order valence-corrected chi connectivity index (χ2v) is 6.63. The van der Waals surface area contributed by atoms with Gasteiger partial charge in [0.1, 0.15) is 18.4 Å². The molecule has 26 heavy (non-hydrogen) atoms. The molecule has 0 unspecified atom stereocenters. The third-order valence-electron chi connectivity index (χ3n) is 3.55. The maximum absolute atomic E-state index is 12.3. The Morgan fingerprint density at radius 3 is 2.58 bits per heavy atom. The molecule has 132 valence electrons. The number of rotatable bonds is 6. The first-order valence-electron chi connectivity index (χ1n) is 7.83. The van der Waals surface area contributed by atoms with Crippen LogP contribution in [0.3, 0.4) is 0 Å². The molecule has 1 heterocycles. The average Bonchev–Trinajstić information content (AvgIpc) is 2.98. The second kappa shape index (κ2) is 7.83. The largest absolute Gasteiger partial charge is 0.323 e. The molecule has 0 radical (unpaired) electrons. The Labute approximate surface area is 154 Å². The molecule has 1 amide bonds. The van der Waals surface area contributed by atoms with Crippen LogP contribution in [-0.2, 0) is 11.3 Å². The topological polar surface area (TPSA) is 90.1 Å². The maximum atomic E-state index is 12.3. The van der Waals surface area contributed by atoms with E-state index in [1.165, 1.54) is 10.9 Å². The quantitative estimate of drug-likeness (QED) is 0.526. The molecule has 0 bridgehead atoms. The average molecular weight is 368 g/mol. The first kappa shape index (κ1) is 17.7. The van der Waals surface area contributed by atoms with Crippen molar-refractivity contribution >= 4 is 29.0 Å². The molecular weight excluding hydrogens is 352 g/mol. The third kappa shape index (κ3) is 4.28. The van der Waals surface area contributed by atoms with Crippen LogP contribution >= 0.6 is 11.8 Å². The number of nitrogens with one attached hydrogen (secondary N) is 1. The number of benzene rings is 2. The van der Waals surface area contributed by atoms with Crippen molar-refractivity contribution in [1.29, 1.82) is 0 Å². The van der Waals surface area contributed by atoms with Crippen molar-refractivity contribution in [3.05, 3.63) is 76.6 Å². The van der Waals surface area contributed by atoms with E-state index in [4.69, 9.17) is 0 Å². The van der Waals surface area contributed by atoms with Crippen LogP contribution in [0.5, 0.6) is 0 Å². The minimum atomic E-state index is -0.511. The molecule has 0 aliphatic heterocycles. The molecule has 0 atom stereocenters. The van der Waals surface area contributed by atoms with Gasteiger partial charge in [-0.1, -0.05) is 42.1 Å². The van der Waals surface area contributed by atoms with Crippen molar-refractivity contribution in [3.63, 3.8) is 0 Å². The van der Waals surface area contributed by atoms with E-state index in [2.05, 4.69) is 10.4 Å². The first-order valence-corrected chi connectivity index (χ1v) is 8.65. The Bertz CT molecular complexity index is 941. The summed E-state index contributed by atoms with van der Waals surface area (Å²) in [5.41, 5.74) is 0.866. The SMILES string of the molecule is Cc1nn(CC(=O)Nc2ccccc2Sc2ccccc2)cc1[N+](=O)[O-]. The highest BCUT2D eigenvalue weighted by atomic mass is 32.2. The van der Waals surface area contributed by atoms with Gasteiger partial charge in [0.25, 0.3) is 0 Å². The molecule has 0 aliphatic rings. The normalized spacial score (nSPS) is 10.5. The van der Waals surface area contributed by atoms with E-state index in [0.29, 0.717) is 5.69 Å². The number of anilines is 1. The Morgan fingerprint density at radius 1 is 1.19 bits per heavy atom. The lowest BCUT2D eigenvalue weighted by Gasteiger charge is -2.10. The zero-order chi connectivity index (χ0) is 18.5. The minimum Gasteiger partial charge on any atom is -0.323 e. The van der Waals surface area contributed by atoms with Crippen LogP contribution in [0.1, 0.15) is 5.69 Å². The lowest BCUT2D eigenvalue weighted by molar-refractivity contribution is -0.385. The molecule has 2 aromatic carbocycles. The van der Waals surface area contributed by atoms with E-state index >= 15 is 0 Å². The summed E-state index contributed by atoms with van der Waals surface area (Å²) >= 11 is 1.55. The van der Waals surface area contributed by atoms with E-state index in [1.54, 1.807) is 18.7 Å². The summed E-state index contributed by atoms with van der Waals surface area (Å²) in [5, 5.41) is 17.7. The summed E-state index contributed by atoms with van der Waals surface area (Å²) in [4.78, 5) is 24.7. The minimum absolute atomic E-state index is 0.0982. The van der Waals surface area contributed by atoms with Gasteiger partial charge in [-0.2, -0.15) is 5.10 Å². The molecule has 3 aromatic rings. The molecule has 0 aliphatic carbocycles. The summed E-state index contributed by atoms with van der Waals surface area (Å²) in [7, 11) is 0. The molecule has 0 spiro atoms. The summed E-state index contributed by atoms with van der Waals surface area (Å²) in [6.45, 7) is 1.44. The number of carbonyl (C=O) groups excluding carboxylic acids is 1. The summed E-state index contributed by atoms with van der Waals surface area (Å²) in [5.74, 6) is -0.302. The third-order valence-corrected chi connectivity index (χ3v) is 4.64. The number of aromatic nitrogens is 2. The van der Waals surface area contributed by atoms with E-state index in [9.17, 15) is 14.9 Å². The lowest BCUT2D eigenvalue weighted by Crippen LogP contribution is -2.19. The second-order valence-electron chi connectivity index (χ2n) is 5.51. The van der Waals surface area contributed by atoms with Gasteiger partial charge in [-0.3, -0.25) is 19.6 Å². The fourth-order valence-corrected chi connectivity index (χ4v) is 3.30. The van der Waals surface area contributed by atoms with Gasteiger partial charge in [-0.25, -0.2) is 0 Å². The van der Waals surface area contributed by atoms with Gasteiger partial charge in [0.15, 0.2) is 0 Å². The predicted octanol–water partition coefficient (Wildman–Crippen LogP) is 3.89. The number of nitrogens with zero attached hydrogens (tertiary/aromatic N) is 3. The van der Waals surface area contributed by atoms with Gasteiger partial charge >= 0.3 is 5.69 Å². The summed E-state index contributed by atoms with van der Waals surface area (Å²) in [6, 6.07) is 17.3. The number of para-hydroxylation sites is 1. The fraction of sp³-hybridized carbons (Fsp3) is 0.111. The van der Waals surface area contributed by atoms with Crippen molar-refractivity contribution in [2.24, 2.45) is 0 Å². The molecule has 1 N–H and O–H groups in total. The van der Waals surface area contributed by atoms with E-state index < -0.39 is 4.92 Å². The van der Waals surface area contributed by atoms with Crippen LogP contribution in [0.2, 0.25) is 0 Å². The molecule has 8 heteroatoms. The zero-order valence-electron chi connectivity index (χ0n) is 14.0. The highest BCUT2D eigenvalue weighted by molar-refractivity contribution is 7.99. The van der Waals surface area contributed by atoms with Gasteiger partial charge < -0.3 is 5.32 Å². The number of nitro groups is 1. The van der Waals surface area contributed by atoms with Gasteiger partial charge in [0.2, 0.25) is 5.91 Å². The maximum Gasteiger partial charge on any atom is 0.309 e. The lowest BCUT2D eigenvalue weighted by atomic mass is 10.3. The molecule has 7 nitrogen and oxygen atoms in total. The fourth-order valence-electron chi connectivity index (χ4n) is 2.38. The van der Waals surface area contributed by atoms with Crippen LogP contribution in [0, 0.1) is 17.0 Å². The molecule has 1 aromatic heterocycles. The van der Waals surface area contributed by atoms with Gasteiger partial charge in [-0.15, -0.1) is 0 Å². The van der Waals surface area contributed by atoms with E-state index in [-0.39, 0.29) is 23.8 Å². The first-order chi connectivity index (χ1) is 12.5. The summed E-state index contributed by atoms with van der Waals surface area (Å²) in [6.07, 6.45) is 1.26. The highest BCUT2D eigenvalue weighted by Crippen LogP contribution is 2.33. The highest BCUT2D eigenvalue weighted by Gasteiger charge is 2.17. The van der Waals surface area contributed by atoms with Crippen LogP contribution in [0.4, 0.5) is 11.4 Å². The van der Waals surface area contributed by atoms with E-state index in [0.717, 1.165) is 9.79 Å². The van der Waals surface area contributed by atoms with Crippen LogP contribution in [0.15, 0.2) is 70.6 Å². The van der Waals surface area contributed by atoms with Gasteiger partial charge in [0, 0.05) is 9.79 Å². The van der Waals surface area contributed by atoms with Crippen molar-refractivity contribution in [1.82, 2.24) is 9.78 Å². The Balaban J connectivity index is 1.72. The Hall–Kier alpha value is -3.13. The molecule has 0 saturated carbocycles. The number of amides is 1. The van der Waals surface area contributed by atoms with Crippen molar-refractivity contribution in [2.45, 2.75) is 23.3 Å². The molecule has 3 rings (SSSR count). The Kier molecular flexibility index (Phi) is 5.33. The molecule has 0 saturated heterocycles. The smallest absolute Gasteiger partial charge is 0.309 e. The predicted molar refractivity (Wildman–Crippen MR) is 99.3 cm³/mol. The molecule has 0 fully saturated rings. The van der Waals surface area contributed by atoms with Crippen molar-refractivity contribution < 1.29 is 9.72 Å². The van der Waals surface area contributed by atoms with Crippen molar-refractivity contribution in [3.8, 4) is 0 Å². The van der Waals surface area contributed by atoms with E-state index in [1.807, 2.05) is 54.6 Å². The van der Waals surface area contributed by atoms with Crippen LogP contribution in [0.25, 0.3) is 0 Å². The van der Waals surface area contributed by atoms with Crippen LogP contribution < -0.4 is 5.32 Å². The van der Waals surface area contributed by atoms with Crippen LogP contribution in [-0.4, -0.2) is 20.6 Å². The van der Waals surface area contributed by atoms with Gasteiger partial charge in [-0.05, 0) is 31.2 Å². The summed E-state index contributed by atoms with van der Waals surface area (Å²) < 4.78 is 1.27. The molecular formula is C18H16N4O3S. The Morgan fingerprint density at radius 2 is 1.88 bits per heavy atom. The zero-order valence-corrected chi connectivity index (χ0v) is 14.8. The standard InChI is InChI=1S/C18H16N4O3S/c1-13-16(22(24)25)11-21(20-13)12-18(23)19-15-9-5-6-10-17(15)26-14-7-3-2-4-8-14/h2-11H,12H2,1H3,(H,19,23). The van der Waals surface area contributed by atoms with Crippen molar-refractivity contribution in [2.75, 3.05) is 5.32 Å². The number of aryl methyl sites for hydroxylation is 1.